The molecule has 0 N–H and O–H groups in total. The van der Waals surface area contributed by atoms with Crippen LogP contribution in [0.1, 0.15) is 25.0 Å². The lowest BCUT2D eigenvalue weighted by Crippen LogP contribution is -2.36. The van der Waals surface area contributed by atoms with Crippen molar-refractivity contribution in [1.82, 2.24) is 4.90 Å². The molecular weight excluding hydrogens is 186 g/mol. The molecule has 0 aliphatic carbocycles. The molecule has 1 heterocycles. The van der Waals surface area contributed by atoms with Crippen molar-refractivity contribution in [2.45, 2.75) is 32.9 Å². The smallest absolute Gasteiger partial charge is 0.123 e. The van der Waals surface area contributed by atoms with Crippen LogP contribution in [-0.4, -0.2) is 24.6 Å². The van der Waals surface area contributed by atoms with Crippen LogP contribution in [0.3, 0.4) is 0 Å². The van der Waals surface area contributed by atoms with E-state index in [1.807, 2.05) is 0 Å². The molecule has 82 valence electrons. The quantitative estimate of drug-likeness (QED) is 0.735. The fourth-order valence-corrected chi connectivity index (χ4v) is 2.20. The zero-order valence-electron chi connectivity index (χ0n) is 9.79. The minimum Gasteiger partial charge on any atom is -0.496 e. The normalized spacial score (nSPS) is 16.5. The molecule has 0 fully saturated rings. The third kappa shape index (κ3) is 2.00. The first kappa shape index (κ1) is 10.5. The van der Waals surface area contributed by atoms with Gasteiger partial charge in [0.2, 0.25) is 0 Å². The molecule has 0 saturated carbocycles. The van der Waals surface area contributed by atoms with Gasteiger partial charge in [-0.2, -0.15) is 0 Å². The summed E-state index contributed by atoms with van der Waals surface area (Å²) in [5, 5.41) is 0. The van der Waals surface area contributed by atoms with E-state index in [0.717, 1.165) is 25.3 Å². The van der Waals surface area contributed by atoms with Crippen LogP contribution in [0, 0.1) is 0 Å². The highest BCUT2D eigenvalue weighted by molar-refractivity contribution is 5.41. The van der Waals surface area contributed by atoms with Gasteiger partial charge in [-0.25, -0.2) is 0 Å². The summed E-state index contributed by atoms with van der Waals surface area (Å²) >= 11 is 0. The molecule has 1 aromatic rings. The molecule has 0 saturated heterocycles. The number of fused-ring (bicyclic) bond motifs is 1. The van der Waals surface area contributed by atoms with Crippen molar-refractivity contribution in [3.8, 4) is 5.75 Å². The molecule has 15 heavy (non-hydrogen) atoms. The Bertz CT molecular complexity index is 332. The molecule has 0 amide bonds. The highest BCUT2D eigenvalue weighted by Gasteiger charge is 2.20. The zero-order valence-corrected chi connectivity index (χ0v) is 9.79. The van der Waals surface area contributed by atoms with E-state index >= 15 is 0 Å². The summed E-state index contributed by atoms with van der Waals surface area (Å²) in [6, 6.07) is 6.98. The Morgan fingerprint density at radius 2 is 2.13 bits per heavy atom. The van der Waals surface area contributed by atoms with Gasteiger partial charge in [-0.1, -0.05) is 12.1 Å². The van der Waals surface area contributed by atoms with Crippen molar-refractivity contribution in [2.24, 2.45) is 0 Å². The fourth-order valence-electron chi connectivity index (χ4n) is 2.20. The zero-order chi connectivity index (χ0) is 10.8. The Labute approximate surface area is 91.9 Å². The summed E-state index contributed by atoms with van der Waals surface area (Å²) in [6.45, 7) is 6.69. The Morgan fingerprint density at radius 3 is 2.80 bits per heavy atom. The predicted octanol–water partition coefficient (Wildman–Crippen LogP) is 2.46. The average molecular weight is 205 g/mol. The summed E-state index contributed by atoms with van der Waals surface area (Å²) < 4.78 is 5.41. The topological polar surface area (TPSA) is 12.5 Å². The van der Waals surface area contributed by atoms with Gasteiger partial charge in [0.1, 0.15) is 5.75 Å². The van der Waals surface area contributed by atoms with E-state index in [1.54, 1.807) is 7.11 Å². The molecule has 0 radical (unpaired) electrons. The molecule has 0 aromatic heterocycles. The summed E-state index contributed by atoms with van der Waals surface area (Å²) in [4.78, 5) is 2.49. The van der Waals surface area contributed by atoms with Crippen LogP contribution in [0.5, 0.6) is 5.75 Å². The van der Waals surface area contributed by atoms with E-state index in [0.29, 0.717) is 6.04 Å². The monoisotopic (exact) mass is 205 g/mol. The van der Waals surface area contributed by atoms with E-state index in [1.165, 1.54) is 11.1 Å². The molecule has 0 bridgehead atoms. The third-order valence-electron chi connectivity index (χ3n) is 3.21. The largest absolute Gasteiger partial charge is 0.496 e. The van der Waals surface area contributed by atoms with Gasteiger partial charge >= 0.3 is 0 Å². The second kappa shape index (κ2) is 4.23. The van der Waals surface area contributed by atoms with E-state index in [9.17, 15) is 0 Å². The fraction of sp³-hybridized carbons (Fsp3) is 0.538. The van der Waals surface area contributed by atoms with Gasteiger partial charge in [-0.05, 0) is 31.9 Å². The molecular formula is C13H19NO. The number of hydrogen-bond donors (Lipinski definition) is 0. The van der Waals surface area contributed by atoms with Gasteiger partial charge in [0.25, 0.3) is 0 Å². The van der Waals surface area contributed by atoms with E-state index < -0.39 is 0 Å². The maximum atomic E-state index is 5.41. The van der Waals surface area contributed by atoms with Gasteiger partial charge < -0.3 is 4.74 Å². The third-order valence-corrected chi connectivity index (χ3v) is 3.21. The van der Waals surface area contributed by atoms with Crippen molar-refractivity contribution < 1.29 is 4.74 Å². The summed E-state index contributed by atoms with van der Waals surface area (Å²) in [5.74, 6) is 1.04. The van der Waals surface area contributed by atoms with Gasteiger partial charge in [0.05, 0.1) is 7.11 Å². The number of benzene rings is 1. The Hall–Kier alpha value is -1.02. The first-order valence-corrected chi connectivity index (χ1v) is 5.61. The molecule has 1 aliphatic heterocycles. The number of hydrogen-bond acceptors (Lipinski definition) is 2. The van der Waals surface area contributed by atoms with E-state index in [2.05, 4.69) is 36.9 Å². The highest BCUT2D eigenvalue weighted by atomic mass is 16.5. The summed E-state index contributed by atoms with van der Waals surface area (Å²) in [5.41, 5.74) is 2.83. The van der Waals surface area contributed by atoms with Crippen LogP contribution in [0.25, 0.3) is 0 Å². The minimum atomic E-state index is 0.614. The summed E-state index contributed by atoms with van der Waals surface area (Å²) in [7, 11) is 1.75. The van der Waals surface area contributed by atoms with Crippen molar-refractivity contribution in [2.75, 3.05) is 13.7 Å². The number of rotatable bonds is 2. The average Bonchev–Trinajstić information content (AvgIpc) is 2.27. The van der Waals surface area contributed by atoms with Crippen molar-refractivity contribution in [3.63, 3.8) is 0 Å². The molecule has 1 aliphatic rings. The Balaban J connectivity index is 2.30. The Morgan fingerprint density at radius 1 is 1.33 bits per heavy atom. The van der Waals surface area contributed by atoms with Gasteiger partial charge in [-0.15, -0.1) is 0 Å². The number of ether oxygens (including phenoxy) is 1. The maximum Gasteiger partial charge on any atom is 0.123 e. The standard InChI is InChI=1S/C13H19NO/c1-10(2)14-8-7-11-5-4-6-13(15-3)12(11)9-14/h4-6,10H,7-9H2,1-3H3. The molecule has 2 rings (SSSR count). The van der Waals surface area contributed by atoms with Crippen LogP contribution in [0.2, 0.25) is 0 Å². The second-order valence-electron chi connectivity index (χ2n) is 4.41. The Kier molecular flexibility index (Phi) is 2.96. The van der Waals surface area contributed by atoms with Crippen molar-refractivity contribution in [3.05, 3.63) is 29.3 Å². The lowest BCUT2D eigenvalue weighted by Gasteiger charge is -2.32. The first-order chi connectivity index (χ1) is 7.22. The molecule has 0 unspecified atom stereocenters. The maximum absolute atomic E-state index is 5.41. The van der Waals surface area contributed by atoms with Crippen molar-refractivity contribution >= 4 is 0 Å². The molecule has 1 aromatic carbocycles. The second-order valence-corrected chi connectivity index (χ2v) is 4.41. The first-order valence-electron chi connectivity index (χ1n) is 5.61. The number of nitrogens with zero attached hydrogens (tertiary/aromatic N) is 1. The molecule has 0 atom stereocenters. The lowest BCUT2D eigenvalue weighted by molar-refractivity contribution is 0.200. The number of methoxy groups -OCH3 is 1. The molecule has 2 heteroatoms. The van der Waals surface area contributed by atoms with Crippen LogP contribution in [0.4, 0.5) is 0 Å². The van der Waals surface area contributed by atoms with Crippen LogP contribution < -0.4 is 4.74 Å². The van der Waals surface area contributed by atoms with Gasteiger partial charge in [-0.3, -0.25) is 4.90 Å². The van der Waals surface area contributed by atoms with Crippen LogP contribution in [0.15, 0.2) is 18.2 Å². The van der Waals surface area contributed by atoms with Gasteiger partial charge in [0.15, 0.2) is 0 Å². The SMILES string of the molecule is COc1cccc2c1CN(C(C)C)CC2. The summed E-state index contributed by atoms with van der Waals surface area (Å²) in [6.07, 6.45) is 1.14. The molecule has 0 spiro atoms. The van der Waals surface area contributed by atoms with Gasteiger partial charge in [0, 0.05) is 24.7 Å². The highest BCUT2D eigenvalue weighted by Crippen LogP contribution is 2.28. The predicted molar refractivity (Wildman–Crippen MR) is 62.2 cm³/mol. The van der Waals surface area contributed by atoms with E-state index in [-0.39, 0.29) is 0 Å². The van der Waals surface area contributed by atoms with Crippen LogP contribution in [-0.2, 0) is 13.0 Å². The minimum absolute atomic E-state index is 0.614. The van der Waals surface area contributed by atoms with Crippen LogP contribution >= 0.6 is 0 Å². The molecule has 2 nitrogen and oxygen atoms in total. The van der Waals surface area contributed by atoms with E-state index in [4.69, 9.17) is 4.74 Å². The lowest BCUT2D eigenvalue weighted by atomic mass is 9.98. The van der Waals surface area contributed by atoms with Crippen molar-refractivity contribution in [1.29, 1.82) is 0 Å².